The number of methoxy groups -OCH3 is 1. The molecular formula is C21H17FN4O3S. The normalized spacial score (nSPS) is 10.8. The highest BCUT2D eigenvalue weighted by Gasteiger charge is 2.18. The second-order valence-corrected chi connectivity index (χ2v) is 7.44. The van der Waals surface area contributed by atoms with Crippen LogP contribution in [0.1, 0.15) is 11.3 Å². The van der Waals surface area contributed by atoms with Crippen LogP contribution >= 0.6 is 11.3 Å². The molecule has 4 rings (SSSR count). The predicted molar refractivity (Wildman–Crippen MR) is 111 cm³/mol. The number of hydrogen-bond donors (Lipinski definition) is 1. The highest BCUT2D eigenvalue weighted by molar-refractivity contribution is 7.19. The highest BCUT2D eigenvalue weighted by atomic mass is 32.1. The zero-order valence-electron chi connectivity index (χ0n) is 16.2. The first-order valence-corrected chi connectivity index (χ1v) is 9.83. The Morgan fingerprint density at radius 3 is 2.57 bits per heavy atom. The number of thiazole rings is 1. The van der Waals surface area contributed by atoms with Crippen molar-refractivity contribution in [3.8, 4) is 27.9 Å². The Labute approximate surface area is 175 Å². The lowest BCUT2D eigenvalue weighted by molar-refractivity contribution is -0.115. The number of aryl methyl sites for hydroxylation is 1. The molecule has 2 aromatic heterocycles. The quantitative estimate of drug-likeness (QED) is 0.490. The number of rotatable bonds is 6. The van der Waals surface area contributed by atoms with Crippen LogP contribution in [0.3, 0.4) is 0 Å². The maximum atomic E-state index is 13.1. The summed E-state index contributed by atoms with van der Waals surface area (Å²) in [7, 11) is 1.59. The molecule has 2 heterocycles. The summed E-state index contributed by atoms with van der Waals surface area (Å²) in [5, 5.41) is 7.19. The summed E-state index contributed by atoms with van der Waals surface area (Å²) in [6.45, 7) is 1.80. The van der Waals surface area contributed by atoms with Crippen LogP contribution in [0, 0.1) is 12.7 Å². The lowest BCUT2D eigenvalue weighted by Gasteiger charge is -2.03. The minimum absolute atomic E-state index is 0.182. The van der Waals surface area contributed by atoms with Crippen molar-refractivity contribution >= 4 is 22.4 Å². The number of aromatic nitrogens is 3. The minimum Gasteiger partial charge on any atom is -0.497 e. The average molecular weight is 424 g/mol. The number of halogens is 1. The molecule has 0 spiro atoms. The van der Waals surface area contributed by atoms with E-state index in [4.69, 9.17) is 9.26 Å². The van der Waals surface area contributed by atoms with Gasteiger partial charge in [0.15, 0.2) is 5.13 Å². The Morgan fingerprint density at radius 2 is 1.87 bits per heavy atom. The number of carbonyl (C=O) groups excluding carboxylic acids is 1. The second kappa shape index (κ2) is 8.42. The monoisotopic (exact) mass is 424 g/mol. The van der Waals surface area contributed by atoms with Gasteiger partial charge in [-0.1, -0.05) is 28.6 Å². The van der Waals surface area contributed by atoms with E-state index in [1.165, 1.54) is 23.5 Å². The van der Waals surface area contributed by atoms with E-state index < -0.39 is 0 Å². The molecular weight excluding hydrogens is 407 g/mol. The van der Waals surface area contributed by atoms with Crippen molar-refractivity contribution in [2.45, 2.75) is 13.3 Å². The van der Waals surface area contributed by atoms with Gasteiger partial charge in [0.05, 0.1) is 19.2 Å². The number of nitrogens with zero attached hydrogens (tertiary/aromatic N) is 3. The molecule has 9 heteroatoms. The third-order valence-electron chi connectivity index (χ3n) is 4.29. The first-order chi connectivity index (χ1) is 14.5. The van der Waals surface area contributed by atoms with Crippen LogP contribution in [0.15, 0.2) is 53.1 Å². The van der Waals surface area contributed by atoms with Gasteiger partial charge in [-0.3, -0.25) is 4.79 Å². The molecule has 0 aliphatic heterocycles. The van der Waals surface area contributed by atoms with E-state index in [9.17, 15) is 9.18 Å². The fraction of sp³-hybridized carbons (Fsp3) is 0.143. The number of anilines is 1. The van der Waals surface area contributed by atoms with Crippen molar-refractivity contribution in [3.05, 3.63) is 65.6 Å². The molecule has 0 bridgehead atoms. The van der Waals surface area contributed by atoms with Crippen LogP contribution in [0.4, 0.5) is 9.52 Å². The van der Waals surface area contributed by atoms with Gasteiger partial charge in [0.1, 0.15) is 16.4 Å². The largest absolute Gasteiger partial charge is 0.497 e. The number of nitrogens with one attached hydrogen (secondary N) is 1. The molecule has 0 aliphatic rings. The molecule has 2 aromatic carbocycles. The van der Waals surface area contributed by atoms with Gasteiger partial charge in [-0.25, -0.2) is 9.37 Å². The Morgan fingerprint density at radius 1 is 1.13 bits per heavy atom. The molecule has 0 atom stereocenters. The van der Waals surface area contributed by atoms with E-state index in [2.05, 4.69) is 20.4 Å². The molecule has 1 N–H and O–H groups in total. The standard InChI is InChI=1S/C21H17FN4O3S/c1-12-18(20-25-19(26-29-20)14-5-7-15(22)8-6-14)30-21(23-12)24-17(27)11-13-3-9-16(28-2)10-4-13/h3-10H,11H2,1-2H3,(H,23,24,27). The van der Waals surface area contributed by atoms with Gasteiger partial charge < -0.3 is 14.6 Å². The van der Waals surface area contributed by atoms with Crippen LogP contribution in [0.25, 0.3) is 22.2 Å². The summed E-state index contributed by atoms with van der Waals surface area (Å²) in [5.74, 6) is 0.857. The van der Waals surface area contributed by atoms with E-state index in [0.717, 1.165) is 11.3 Å². The van der Waals surface area contributed by atoms with Crippen molar-refractivity contribution < 1.29 is 18.4 Å². The Hall–Kier alpha value is -3.59. The van der Waals surface area contributed by atoms with Crippen LogP contribution < -0.4 is 10.1 Å². The van der Waals surface area contributed by atoms with Crippen molar-refractivity contribution in [1.82, 2.24) is 15.1 Å². The lowest BCUT2D eigenvalue weighted by atomic mass is 10.1. The number of carbonyl (C=O) groups is 1. The number of benzene rings is 2. The van der Waals surface area contributed by atoms with Gasteiger partial charge in [0.25, 0.3) is 5.89 Å². The number of amides is 1. The fourth-order valence-electron chi connectivity index (χ4n) is 2.77. The fourth-order valence-corrected chi connectivity index (χ4v) is 3.68. The zero-order valence-corrected chi connectivity index (χ0v) is 17.0. The van der Waals surface area contributed by atoms with Gasteiger partial charge in [0.2, 0.25) is 11.7 Å². The van der Waals surface area contributed by atoms with Crippen molar-refractivity contribution in [1.29, 1.82) is 0 Å². The SMILES string of the molecule is COc1ccc(CC(=O)Nc2nc(C)c(-c3nc(-c4ccc(F)cc4)no3)s2)cc1. The maximum absolute atomic E-state index is 13.1. The molecule has 0 fully saturated rings. The van der Waals surface area contributed by atoms with Crippen LogP contribution in [-0.4, -0.2) is 28.1 Å². The summed E-state index contributed by atoms with van der Waals surface area (Å²) in [6.07, 6.45) is 0.216. The minimum atomic E-state index is -0.337. The average Bonchev–Trinajstić information content (AvgIpc) is 3.35. The van der Waals surface area contributed by atoms with E-state index in [1.807, 2.05) is 24.3 Å². The molecule has 152 valence electrons. The molecule has 0 radical (unpaired) electrons. The summed E-state index contributed by atoms with van der Waals surface area (Å²) in [4.78, 5) is 21.8. The topological polar surface area (TPSA) is 90.1 Å². The molecule has 0 unspecified atom stereocenters. The molecule has 4 aromatic rings. The van der Waals surface area contributed by atoms with Crippen LogP contribution in [0.5, 0.6) is 5.75 Å². The second-order valence-electron chi connectivity index (χ2n) is 6.44. The highest BCUT2D eigenvalue weighted by Crippen LogP contribution is 2.33. The summed E-state index contributed by atoms with van der Waals surface area (Å²) in [5.41, 5.74) is 2.17. The first kappa shape index (κ1) is 19.7. The van der Waals surface area contributed by atoms with Gasteiger partial charge in [0, 0.05) is 5.56 Å². The summed E-state index contributed by atoms with van der Waals surface area (Å²) < 4.78 is 23.6. The summed E-state index contributed by atoms with van der Waals surface area (Å²) >= 11 is 1.25. The van der Waals surface area contributed by atoms with Gasteiger partial charge in [-0.05, 0) is 48.9 Å². The lowest BCUT2D eigenvalue weighted by Crippen LogP contribution is -2.14. The van der Waals surface area contributed by atoms with Crippen LogP contribution in [-0.2, 0) is 11.2 Å². The molecule has 7 nitrogen and oxygen atoms in total. The number of hydrogen-bond acceptors (Lipinski definition) is 7. The maximum Gasteiger partial charge on any atom is 0.270 e. The van der Waals surface area contributed by atoms with E-state index >= 15 is 0 Å². The molecule has 30 heavy (non-hydrogen) atoms. The predicted octanol–water partition coefficient (Wildman–Crippen LogP) is 4.50. The van der Waals surface area contributed by atoms with E-state index in [-0.39, 0.29) is 18.1 Å². The first-order valence-electron chi connectivity index (χ1n) is 9.02. The van der Waals surface area contributed by atoms with Crippen molar-refractivity contribution in [2.24, 2.45) is 0 Å². The van der Waals surface area contributed by atoms with Crippen LogP contribution in [0.2, 0.25) is 0 Å². The van der Waals surface area contributed by atoms with E-state index in [0.29, 0.717) is 33.0 Å². The zero-order chi connectivity index (χ0) is 21.1. The smallest absolute Gasteiger partial charge is 0.270 e. The van der Waals surface area contributed by atoms with Crippen molar-refractivity contribution in [3.63, 3.8) is 0 Å². The van der Waals surface area contributed by atoms with Gasteiger partial charge >= 0.3 is 0 Å². The molecule has 0 aliphatic carbocycles. The Bertz CT molecular complexity index is 1170. The Kier molecular flexibility index (Phi) is 5.53. The summed E-state index contributed by atoms with van der Waals surface area (Å²) in [6, 6.07) is 13.1. The third-order valence-corrected chi connectivity index (χ3v) is 5.35. The Balaban J connectivity index is 1.46. The van der Waals surface area contributed by atoms with Gasteiger partial charge in [-0.2, -0.15) is 4.98 Å². The van der Waals surface area contributed by atoms with Crippen molar-refractivity contribution in [2.75, 3.05) is 12.4 Å². The van der Waals surface area contributed by atoms with E-state index in [1.54, 1.807) is 26.2 Å². The third kappa shape index (κ3) is 4.36. The number of ether oxygens (including phenoxy) is 1. The molecule has 0 saturated carbocycles. The molecule has 1 amide bonds. The van der Waals surface area contributed by atoms with Gasteiger partial charge in [-0.15, -0.1) is 0 Å². The molecule has 0 saturated heterocycles.